The van der Waals surface area contributed by atoms with E-state index < -0.39 is 12.6 Å². The molecule has 4 nitrogen and oxygen atoms in total. The van der Waals surface area contributed by atoms with Crippen LogP contribution in [-0.2, 0) is 13.2 Å². The van der Waals surface area contributed by atoms with Crippen molar-refractivity contribution in [2.75, 3.05) is 0 Å². The highest BCUT2D eigenvalue weighted by Gasteiger charge is 2.26. The second-order valence-electron chi connectivity index (χ2n) is 2.82. The maximum Gasteiger partial charge on any atom is 0.389 e. The van der Waals surface area contributed by atoms with Gasteiger partial charge < -0.3 is 9.67 Å². The molecule has 0 aromatic carbocycles. The number of aromatic nitrogens is 3. The molecule has 1 rings (SSSR count). The second kappa shape index (κ2) is 4.41. The first-order chi connectivity index (χ1) is 6.53. The molecule has 0 spiro atoms. The van der Waals surface area contributed by atoms with Crippen molar-refractivity contribution in [3.63, 3.8) is 0 Å². The first kappa shape index (κ1) is 11.0. The van der Waals surface area contributed by atoms with E-state index in [1.807, 2.05) is 0 Å². The van der Waals surface area contributed by atoms with Crippen LogP contribution in [0.25, 0.3) is 0 Å². The van der Waals surface area contributed by atoms with E-state index in [4.69, 9.17) is 5.11 Å². The second-order valence-corrected chi connectivity index (χ2v) is 2.82. The van der Waals surface area contributed by atoms with Crippen LogP contribution in [0.2, 0.25) is 0 Å². The minimum Gasteiger partial charge on any atom is -0.388 e. The molecular formula is C7H10F3N3O. The van der Waals surface area contributed by atoms with Crippen LogP contribution in [0.3, 0.4) is 0 Å². The number of aryl methyl sites for hydroxylation is 1. The Bertz CT molecular complexity index is 284. The van der Waals surface area contributed by atoms with E-state index in [-0.39, 0.29) is 25.4 Å². The summed E-state index contributed by atoms with van der Waals surface area (Å²) < 4.78 is 36.7. The van der Waals surface area contributed by atoms with E-state index in [1.54, 1.807) is 0 Å². The topological polar surface area (TPSA) is 50.9 Å². The SMILES string of the molecule is OCc1nncn1CCCC(F)(F)F. The monoisotopic (exact) mass is 209 g/mol. The lowest BCUT2D eigenvalue weighted by atomic mass is 10.3. The summed E-state index contributed by atoms with van der Waals surface area (Å²) in [7, 11) is 0. The maximum atomic E-state index is 11.8. The molecule has 0 atom stereocenters. The third-order valence-corrected chi connectivity index (χ3v) is 1.70. The number of hydrogen-bond donors (Lipinski definition) is 1. The smallest absolute Gasteiger partial charge is 0.388 e. The summed E-state index contributed by atoms with van der Waals surface area (Å²) in [6.45, 7) is -0.144. The van der Waals surface area contributed by atoms with Crippen LogP contribution in [0.15, 0.2) is 6.33 Å². The molecule has 14 heavy (non-hydrogen) atoms. The molecule has 0 unspecified atom stereocenters. The Morgan fingerprint density at radius 1 is 1.43 bits per heavy atom. The highest BCUT2D eigenvalue weighted by molar-refractivity contribution is 4.82. The molecule has 80 valence electrons. The number of nitrogens with zero attached hydrogens (tertiary/aromatic N) is 3. The van der Waals surface area contributed by atoms with Crippen LogP contribution in [-0.4, -0.2) is 26.0 Å². The van der Waals surface area contributed by atoms with Crippen LogP contribution < -0.4 is 0 Å². The summed E-state index contributed by atoms with van der Waals surface area (Å²) in [4.78, 5) is 0. The van der Waals surface area contributed by atoms with Crippen LogP contribution in [0, 0.1) is 0 Å². The van der Waals surface area contributed by atoms with Crippen molar-refractivity contribution in [3.8, 4) is 0 Å². The lowest BCUT2D eigenvalue weighted by Gasteiger charge is -2.07. The van der Waals surface area contributed by atoms with Gasteiger partial charge in [0.25, 0.3) is 0 Å². The number of aliphatic hydroxyl groups is 1. The average molecular weight is 209 g/mol. The van der Waals surface area contributed by atoms with Gasteiger partial charge in [-0.1, -0.05) is 0 Å². The van der Waals surface area contributed by atoms with E-state index in [2.05, 4.69) is 10.2 Å². The Kier molecular flexibility index (Phi) is 3.45. The van der Waals surface area contributed by atoms with Gasteiger partial charge in [-0.05, 0) is 6.42 Å². The molecule has 0 bridgehead atoms. The Labute approximate surface area is 78.4 Å². The zero-order valence-electron chi connectivity index (χ0n) is 7.33. The lowest BCUT2D eigenvalue weighted by molar-refractivity contribution is -0.135. The van der Waals surface area contributed by atoms with Crippen molar-refractivity contribution in [3.05, 3.63) is 12.2 Å². The molecule has 0 amide bonds. The zero-order valence-corrected chi connectivity index (χ0v) is 7.33. The zero-order chi connectivity index (χ0) is 10.6. The lowest BCUT2D eigenvalue weighted by Crippen LogP contribution is -2.10. The molecular weight excluding hydrogens is 199 g/mol. The predicted octanol–water partition coefficient (Wildman–Crippen LogP) is 1.11. The van der Waals surface area contributed by atoms with Gasteiger partial charge in [0, 0.05) is 13.0 Å². The van der Waals surface area contributed by atoms with Crippen molar-refractivity contribution < 1.29 is 18.3 Å². The highest BCUT2D eigenvalue weighted by atomic mass is 19.4. The number of rotatable bonds is 4. The number of aliphatic hydroxyl groups excluding tert-OH is 1. The van der Waals surface area contributed by atoms with Gasteiger partial charge in [-0.3, -0.25) is 0 Å². The van der Waals surface area contributed by atoms with Crippen LogP contribution >= 0.6 is 0 Å². The van der Waals surface area contributed by atoms with Gasteiger partial charge in [-0.15, -0.1) is 10.2 Å². The summed E-state index contributed by atoms with van der Waals surface area (Å²) >= 11 is 0. The summed E-state index contributed by atoms with van der Waals surface area (Å²) in [5.74, 6) is 0.284. The van der Waals surface area contributed by atoms with Gasteiger partial charge in [0.05, 0.1) is 0 Å². The molecule has 0 aliphatic rings. The van der Waals surface area contributed by atoms with Crippen molar-refractivity contribution >= 4 is 0 Å². The number of halogens is 3. The van der Waals surface area contributed by atoms with Gasteiger partial charge in [-0.2, -0.15) is 13.2 Å². The average Bonchev–Trinajstić information content (AvgIpc) is 2.49. The van der Waals surface area contributed by atoms with Crippen LogP contribution in [0.5, 0.6) is 0 Å². The normalized spacial score (nSPS) is 12.0. The van der Waals surface area contributed by atoms with Crippen molar-refractivity contribution in [2.24, 2.45) is 0 Å². The fraction of sp³-hybridized carbons (Fsp3) is 0.714. The van der Waals surface area contributed by atoms with Gasteiger partial charge in [-0.25, -0.2) is 0 Å². The molecule has 0 aliphatic carbocycles. The number of alkyl halides is 3. The quantitative estimate of drug-likeness (QED) is 0.808. The molecule has 1 aromatic heterocycles. The molecule has 0 saturated heterocycles. The van der Waals surface area contributed by atoms with Crippen LogP contribution in [0.1, 0.15) is 18.7 Å². The minimum absolute atomic E-state index is 0.0332. The van der Waals surface area contributed by atoms with E-state index in [9.17, 15) is 13.2 Å². The third-order valence-electron chi connectivity index (χ3n) is 1.70. The molecule has 1 N–H and O–H groups in total. The summed E-state index contributed by atoms with van der Waals surface area (Å²) in [5, 5.41) is 15.7. The molecule has 1 aromatic rings. The molecule has 0 radical (unpaired) electrons. The Hall–Kier alpha value is -1.11. The molecule has 0 fully saturated rings. The van der Waals surface area contributed by atoms with E-state index >= 15 is 0 Å². The van der Waals surface area contributed by atoms with Gasteiger partial charge in [0.15, 0.2) is 5.82 Å². The van der Waals surface area contributed by atoms with Crippen molar-refractivity contribution in [1.82, 2.24) is 14.8 Å². The summed E-state index contributed by atoms with van der Waals surface area (Å²) in [5.41, 5.74) is 0. The van der Waals surface area contributed by atoms with Gasteiger partial charge in [0.2, 0.25) is 0 Å². The minimum atomic E-state index is -4.13. The largest absolute Gasteiger partial charge is 0.389 e. The van der Waals surface area contributed by atoms with Gasteiger partial charge >= 0.3 is 6.18 Å². The first-order valence-electron chi connectivity index (χ1n) is 4.07. The Morgan fingerprint density at radius 3 is 2.71 bits per heavy atom. The van der Waals surface area contributed by atoms with E-state index in [0.717, 1.165) is 0 Å². The first-order valence-corrected chi connectivity index (χ1v) is 4.07. The summed E-state index contributed by atoms with van der Waals surface area (Å²) in [6.07, 6.45) is -3.69. The van der Waals surface area contributed by atoms with Gasteiger partial charge in [0.1, 0.15) is 12.9 Å². The molecule has 0 saturated carbocycles. The third kappa shape index (κ3) is 3.33. The fourth-order valence-corrected chi connectivity index (χ4v) is 1.04. The molecule has 7 heteroatoms. The standard InChI is InChI=1S/C7H10F3N3O/c8-7(9,10)2-1-3-13-5-11-12-6(13)4-14/h5,14H,1-4H2. The Balaban J connectivity index is 2.38. The maximum absolute atomic E-state index is 11.8. The van der Waals surface area contributed by atoms with Crippen LogP contribution in [0.4, 0.5) is 13.2 Å². The van der Waals surface area contributed by atoms with E-state index in [0.29, 0.717) is 0 Å². The molecule has 1 heterocycles. The van der Waals surface area contributed by atoms with E-state index in [1.165, 1.54) is 10.9 Å². The van der Waals surface area contributed by atoms with Crippen molar-refractivity contribution in [1.29, 1.82) is 0 Å². The fourth-order valence-electron chi connectivity index (χ4n) is 1.04. The van der Waals surface area contributed by atoms with Crippen molar-refractivity contribution in [2.45, 2.75) is 32.2 Å². The highest BCUT2D eigenvalue weighted by Crippen LogP contribution is 2.21. The predicted molar refractivity (Wildman–Crippen MR) is 41.2 cm³/mol. The number of hydrogen-bond acceptors (Lipinski definition) is 3. The molecule has 0 aliphatic heterocycles. The Morgan fingerprint density at radius 2 is 2.14 bits per heavy atom. The summed E-state index contributed by atoms with van der Waals surface area (Å²) in [6, 6.07) is 0.